The summed E-state index contributed by atoms with van der Waals surface area (Å²) in [6.07, 6.45) is 0.0127. The van der Waals surface area contributed by atoms with E-state index in [0.29, 0.717) is 37.0 Å². The van der Waals surface area contributed by atoms with Crippen molar-refractivity contribution in [3.05, 3.63) is 52.5 Å². The summed E-state index contributed by atoms with van der Waals surface area (Å²) >= 11 is 5.97. The maximum atomic E-state index is 12.3. The van der Waals surface area contributed by atoms with E-state index in [4.69, 9.17) is 25.8 Å². The molecule has 0 radical (unpaired) electrons. The highest BCUT2D eigenvalue weighted by atomic mass is 35.5. The summed E-state index contributed by atoms with van der Waals surface area (Å²) < 4.78 is 16.7. The molecule has 24 heavy (non-hydrogen) atoms. The normalized spacial score (nSPS) is 17.8. The van der Waals surface area contributed by atoms with Crippen LogP contribution in [0.1, 0.15) is 11.1 Å². The van der Waals surface area contributed by atoms with Crippen molar-refractivity contribution in [1.29, 1.82) is 0 Å². The number of fused-ring (bicyclic) bond motifs is 2. The average molecular weight is 346 g/mol. The van der Waals surface area contributed by atoms with Crippen LogP contribution in [-0.2, 0) is 17.8 Å². The summed E-state index contributed by atoms with van der Waals surface area (Å²) in [6.45, 7) is 1.51. The van der Waals surface area contributed by atoms with Gasteiger partial charge in [-0.1, -0.05) is 17.7 Å². The van der Waals surface area contributed by atoms with Crippen LogP contribution < -0.4 is 19.5 Å². The van der Waals surface area contributed by atoms with Crippen molar-refractivity contribution in [2.24, 2.45) is 0 Å². The fraction of sp³-hybridized carbons (Fsp3) is 0.278. The SMILES string of the molecule is O=C(NCc1ccc2c(c1)OCCO2)[C@H]1Cc2cc(Cl)ccc2O1. The van der Waals surface area contributed by atoms with Gasteiger partial charge in [0.05, 0.1) is 0 Å². The van der Waals surface area contributed by atoms with Crippen LogP contribution >= 0.6 is 11.6 Å². The molecule has 0 aromatic heterocycles. The zero-order valence-electron chi connectivity index (χ0n) is 12.9. The van der Waals surface area contributed by atoms with E-state index in [2.05, 4.69) is 5.32 Å². The Morgan fingerprint density at radius 3 is 2.75 bits per heavy atom. The Kier molecular flexibility index (Phi) is 3.94. The maximum absolute atomic E-state index is 12.3. The van der Waals surface area contributed by atoms with Crippen molar-refractivity contribution in [3.63, 3.8) is 0 Å². The molecule has 2 aliphatic rings. The summed E-state index contributed by atoms with van der Waals surface area (Å²) in [6, 6.07) is 11.1. The molecule has 4 rings (SSSR count). The van der Waals surface area contributed by atoms with Gasteiger partial charge in [-0.3, -0.25) is 4.79 Å². The third-order valence-corrected chi connectivity index (χ3v) is 4.30. The lowest BCUT2D eigenvalue weighted by atomic mass is 10.1. The van der Waals surface area contributed by atoms with Crippen molar-refractivity contribution >= 4 is 17.5 Å². The lowest BCUT2D eigenvalue weighted by molar-refractivity contribution is -0.127. The van der Waals surface area contributed by atoms with Crippen molar-refractivity contribution in [2.75, 3.05) is 13.2 Å². The molecule has 0 fully saturated rings. The Balaban J connectivity index is 1.37. The summed E-state index contributed by atoms with van der Waals surface area (Å²) in [5.41, 5.74) is 1.91. The first-order valence-corrected chi connectivity index (χ1v) is 8.18. The van der Waals surface area contributed by atoms with E-state index in [1.807, 2.05) is 24.3 Å². The zero-order valence-corrected chi connectivity index (χ0v) is 13.6. The second-order valence-electron chi connectivity index (χ2n) is 5.76. The van der Waals surface area contributed by atoms with Crippen molar-refractivity contribution in [1.82, 2.24) is 5.32 Å². The number of hydrogen-bond acceptors (Lipinski definition) is 4. The van der Waals surface area contributed by atoms with Crippen molar-refractivity contribution in [3.8, 4) is 17.2 Å². The van der Waals surface area contributed by atoms with Crippen molar-refractivity contribution in [2.45, 2.75) is 19.1 Å². The minimum atomic E-state index is -0.518. The lowest BCUT2D eigenvalue weighted by Crippen LogP contribution is -2.37. The van der Waals surface area contributed by atoms with Crippen LogP contribution in [0.15, 0.2) is 36.4 Å². The van der Waals surface area contributed by atoms with E-state index in [1.54, 1.807) is 12.1 Å². The van der Waals surface area contributed by atoms with Gasteiger partial charge in [-0.25, -0.2) is 0 Å². The first-order chi connectivity index (χ1) is 11.7. The molecular weight excluding hydrogens is 330 g/mol. The van der Waals surface area contributed by atoms with E-state index in [9.17, 15) is 4.79 Å². The van der Waals surface area contributed by atoms with Crippen LogP contribution in [0.5, 0.6) is 17.2 Å². The highest BCUT2D eigenvalue weighted by Crippen LogP contribution is 2.32. The molecule has 1 amide bonds. The van der Waals surface area contributed by atoms with Crippen LogP contribution in [0, 0.1) is 0 Å². The predicted molar refractivity (Wildman–Crippen MR) is 88.9 cm³/mol. The molecule has 6 heteroatoms. The van der Waals surface area contributed by atoms with Gasteiger partial charge < -0.3 is 19.5 Å². The van der Waals surface area contributed by atoms with E-state index >= 15 is 0 Å². The molecule has 0 bridgehead atoms. The van der Waals surface area contributed by atoms with Gasteiger partial charge in [-0.15, -0.1) is 0 Å². The van der Waals surface area contributed by atoms with E-state index < -0.39 is 6.10 Å². The van der Waals surface area contributed by atoms with E-state index in [1.165, 1.54) is 0 Å². The number of amides is 1. The van der Waals surface area contributed by atoms with Gasteiger partial charge in [0.25, 0.3) is 5.91 Å². The number of halogens is 1. The van der Waals surface area contributed by atoms with E-state index in [0.717, 1.165) is 22.6 Å². The Morgan fingerprint density at radius 1 is 1.08 bits per heavy atom. The number of benzene rings is 2. The Hall–Kier alpha value is -2.40. The monoisotopic (exact) mass is 345 g/mol. The highest BCUT2D eigenvalue weighted by Gasteiger charge is 2.29. The number of carbonyl (C=O) groups is 1. The number of nitrogens with one attached hydrogen (secondary N) is 1. The first-order valence-electron chi connectivity index (χ1n) is 7.80. The minimum absolute atomic E-state index is 0.141. The number of ether oxygens (including phenoxy) is 3. The fourth-order valence-electron chi connectivity index (χ4n) is 2.86. The Morgan fingerprint density at radius 2 is 1.88 bits per heavy atom. The van der Waals surface area contributed by atoms with Gasteiger partial charge in [0.2, 0.25) is 0 Å². The molecule has 0 aliphatic carbocycles. The maximum Gasteiger partial charge on any atom is 0.261 e. The molecule has 2 aromatic carbocycles. The molecule has 5 nitrogen and oxygen atoms in total. The smallest absolute Gasteiger partial charge is 0.261 e. The van der Waals surface area contributed by atoms with Gasteiger partial charge in [0.1, 0.15) is 19.0 Å². The minimum Gasteiger partial charge on any atom is -0.486 e. The second kappa shape index (κ2) is 6.24. The van der Waals surface area contributed by atoms with Crippen LogP contribution in [0.4, 0.5) is 0 Å². The largest absolute Gasteiger partial charge is 0.486 e. The van der Waals surface area contributed by atoms with Crippen LogP contribution in [-0.4, -0.2) is 25.2 Å². The standard InChI is InChI=1S/C18H16ClNO4/c19-13-2-4-14-12(8-13)9-17(24-14)18(21)20-10-11-1-3-15-16(7-11)23-6-5-22-15/h1-4,7-8,17H,5-6,9-10H2,(H,20,21)/t17-/m1/s1. The Labute approximate surface area is 144 Å². The molecular formula is C18H16ClNO4. The number of hydrogen-bond donors (Lipinski definition) is 1. The second-order valence-corrected chi connectivity index (χ2v) is 6.19. The third kappa shape index (κ3) is 2.99. The number of rotatable bonds is 3. The molecule has 1 atom stereocenters. The summed E-state index contributed by atoms with van der Waals surface area (Å²) in [5.74, 6) is 2.03. The summed E-state index contributed by atoms with van der Waals surface area (Å²) in [5, 5.41) is 3.55. The predicted octanol–water partition coefficient (Wildman–Crippen LogP) is 2.73. The van der Waals surface area contributed by atoms with Gasteiger partial charge in [-0.2, -0.15) is 0 Å². The molecule has 2 aliphatic heterocycles. The van der Waals surface area contributed by atoms with Crippen LogP contribution in [0.25, 0.3) is 0 Å². The van der Waals surface area contributed by atoms with E-state index in [-0.39, 0.29) is 5.91 Å². The fourth-order valence-corrected chi connectivity index (χ4v) is 3.06. The summed E-state index contributed by atoms with van der Waals surface area (Å²) in [7, 11) is 0. The first kappa shape index (κ1) is 15.1. The molecule has 1 N–H and O–H groups in total. The van der Waals surface area contributed by atoms with Crippen molar-refractivity contribution < 1.29 is 19.0 Å². The van der Waals surface area contributed by atoms with Gasteiger partial charge in [0.15, 0.2) is 17.6 Å². The third-order valence-electron chi connectivity index (χ3n) is 4.06. The molecule has 2 heterocycles. The molecule has 0 saturated heterocycles. The molecule has 124 valence electrons. The molecule has 2 aromatic rings. The molecule has 0 unspecified atom stereocenters. The van der Waals surface area contributed by atoms with Gasteiger partial charge >= 0.3 is 0 Å². The highest BCUT2D eigenvalue weighted by molar-refractivity contribution is 6.30. The Bertz CT molecular complexity index is 793. The van der Waals surface area contributed by atoms with Gasteiger partial charge in [0, 0.05) is 18.0 Å². The number of carbonyl (C=O) groups excluding carboxylic acids is 1. The van der Waals surface area contributed by atoms with Crippen LogP contribution in [0.3, 0.4) is 0 Å². The molecule has 0 spiro atoms. The quantitative estimate of drug-likeness (QED) is 0.929. The molecule has 0 saturated carbocycles. The summed E-state index contributed by atoms with van der Waals surface area (Å²) in [4.78, 5) is 12.3. The zero-order chi connectivity index (χ0) is 16.5. The average Bonchev–Trinajstić information content (AvgIpc) is 3.02. The van der Waals surface area contributed by atoms with Crippen LogP contribution in [0.2, 0.25) is 5.02 Å². The lowest BCUT2D eigenvalue weighted by Gasteiger charge is -2.19. The van der Waals surface area contributed by atoms with Gasteiger partial charge in [-0.05, 0) is 41.5 Å². The topological polar surface area (TPSA) is 56.8 Å².